The summed E-state index contributed by atoms with van der Waals surface area (Å²) < 4.78 is 4.86. The number of imide groups is 1. The molecule has 1 aromatic carbocycles. The lowest BCUT2D eigenvalue weighted by atomic mass is 10.1. The van der Waals surface area contributed by atoms with Crippen LogP contribution in [0.1, 0.15) is 36.5 Å². The van der Waals surface area contributed by atoms with Crippen molar-refractivity contribution in [1.82, 2.24) is 16.0 Å². The number of ketones is 1. The van der Waals surface area contributed by atoms with Crippen LogP contribution in [0.15, 0.2) is 30.3 Å². The highest BCUT2D eigenvalue weighted by Crippen LogP contribution is 2.05. The normalized spacial score (nSPS) is 11.0. The van der Waals surface area contributed by atoms with Gasteiger partial charge >= 0.3 is 12.0 Å². The Morgan fingerprint density at radius 1 is 1.00 bits per heavy atom. The van der Waals surface area contributed by atoms with Crippen LogP contribution in [0.4, 0.5) is 4.79 Å². The summed E-state index contributed by atoms with van der Waals surface area (Å²) in [7, 11) is 1.34. The lowest BCUT2D eigenvalue weighted by Gasteiger charge is -2.12. The number of urea groups is 1. The smallest absolute Gasteiger partial charge is 0.321 e. The van der Waals surface area contributed by atoms with Crippen LogP contribution in [0.5, 0.6) is 0 Å². The van der Waals surface area contributed by atoms with Crippen molar-refractivity contribution in [1.29, 1.82) is 0 Å². The van der Waals surface area contributed by atoms with Crippen LogP contribution in [-0.2, 0) is 19.1 Å². The number of rotatable bonds is 9. The van der Waals surface area contributed by atoms with Crippen molar-refractivity contribution in [2.45, 2.75) is 32.3 Å². The zero-order valence-corrected chi connectivity index (χ0v) is 15.2. The zero-order valence-electron chi connectivity index (χ0n) is 15.2. The summed E-state index contributed by atoms with van der Waals surface area (Å²) in [6.45, 7) is 1.34. The first-order valence-corrected chi connectivity index (χ1v) is 8.40. The van der Waals surface area contributed by atoms with E-state index in [1.54, 1.807) is 30.3 Å². The van der Waals surface area contributed by atoms with E-state index < -0.39 is 24.0 Å². The summed E-state index contributed by atoms with van der Waals surface area (Å²) in [5, 5.41) is 6.69. The minimum atomic E-state index is -1.14. The van der Waals surface area contributed by atoms with Crippen molar-refractivity contribution < 1.29 is 28.7 Å². The van der Waals surface area contributed by atoms with Crippen molar-refractivity contribution >= 4 is 29.6 Å². The van der Waals surface area contributed by atoms with Gasteiger partial charge in [0, 0.05) is 32.0 Å². The molecule has 0 aliphatic carbocycles. The van der Waals surface area contributed by atoms with Crippen molar-refractivity contribution in [3.05, 3.63) is 35.9 Å². The van der Waals surface area contributed by atoms with Gasteiger partial charge in [-0.3, -0.25) is 24.5 Å². The second kappa shape index (κ2) is 11.4. The molecule has 0 bridgehead atoms. The molecule has 146 valence electrons. The third-order valence-corrected chi connectivity index (χ3v) is 3.47. The number of hydrogen-bond acceptors (Lipinski definition) is 6. The molecule has 0 fully saturated rings. The van der Waals surface area contributed by atoms with E-state index in [2.05, 4.69) is 10.6 Å². The van der Waals surface area contributed by atoms with Gasteiger partial charge in [0.05, 0.1) is 6.42 Å². The zero-order chi connectivity index (χ0) is 20.2. The molecule has 27 heavy (non-hydrogen) atoms. The number of esters is 1. The standard InChI is InChI=1S/C18H23N3O6/c1-12(17(25)21-18(26)19-2)27-16(24)10-11-20-15(23)9-8-14(22)13-6-4-3-5-7-13/h3-7,12H,8-11H2,1-2H3,(H,20,23)(H2,19,21,25,26)/t12-/m1/s1. The number of nitrogens with one attached hydrogen (secondary N) is 3. The van der Waals surface area contributed by atoms with Gasteiger partial charge in [-0.25, -0.2) is 4.79 Å². The fraction of sp³-hybridized carbons (Fsp3) is 0.389. The van der Waals surface area contributed by atoms with E-state index in [0.717, 1.165) is 0 Å². The molecule has 1 atom stereocenters. The highest BCUT2D eigenvalue weighted by Gasteiger charge is 2.19. The molecule has 0 aliphatic rings. The second-order valence-corrected chi connectivity index (χ2v) is 5.59. The van der Waals surface area contributed by atoms with E-state index in [1.807, 2.05) is 5.32 Å². The Balaban J connectivity index is 2.23. The molecular weight excluding hydrogens is 354 g/mol. The lowest BCUT2D eigenvalue weighted by Crippen LogP contribution is -2.43. The lowest BCUT2D eigenvalue weighted by molar-refractivity contribution is -0.154. The number of carbonyl (C=O) groups excluding carboxylic acids is 5. The average Bonchev–Trinajstić information content (AvgIpc) is 2.66. The van der Waals surface area contributed by atoms with Gasteiger partial charge in [0.25, 0.3) is 5.91 Å². The predicted molar refractivity (Wildman–Crippen MR) is 95.8 cm³/mol. The topological polar surface area (TPSA) is 131 Å². The Bertz CT molecular complexity index is 690. The third-order valence-electron chi connectivity index (χ3n) is 3.47. The van der Waals surface area contributed by atoms with Gasteiger partial charge in [-0.05, 0) is 6.92 Å². The molecule has 3 N–H and O–H groups in total. The predicted octanol–water partition coefficient (Wildman–Crippen LogP) is 0.543. The van der Waals surface area contributed by atoms with E-state index in [9.17, 15) is 24.0 Å². The van der Waals surface area contributed by atoms with Crippen molar-refractivity contribution in [3.63, 3.8) is 0 Å². The molecule has 0 saturated carbocycles. The number of carbonyl (C=O) groups is 5. The Kier molecular flexibility index (Phi) is 9.21. The van der Waals surface area contributed by atoms with Gasteiger partial charge in [-0.2, -0.15) is 0 Å². The van der Waals surface area contributed by atoms with E-state index in [4.69, 9.17) is 4.74 Å². The molecule has 0 aromatic heterocycles. The molecule has 4 amide bonds. The Hall–Kier alpha value is -3.23. The molecule has 0 unspecified atom stereocenters. The van der Waals surface area contributed by atoms with E-state index in [1.165, 1.54) is 14.0 Å². The summed E-state index contributed by atoms with van der Waals surface area (Å²) in [4.78, 5) is 57.8. The van der Waals surface area contributed by atoms with Crippen LogP contribution >= 0.6 is 0 Å². The molecule has 9 nitrogen and oxygen atoms in total. The van der Waals surface area contributed by atoms with Gasteiger partial charge in [-0.15, -0.1) is 0 Å². The van der Waals surface area contributed by atoms with Crippen molar-refractivity contribution in [2.24, 2.45) is 0 Å². The highest BCUT2D eigenvalue weighted by atomic mass is 16.5. The van der Waals surface area contributed by atoms with Crippen molar-refractivity contribution in [3.8, 4) is 0 Å². The average molecular weight is 377 g/mol. The number of hydrogen-bond donors (Lipinski definition) is 3. The fourth-order valence-corrected chi connectivity index (χ4v) is 1.97. The van der Waals surface area contributed by atoms with Crippen LogP contribution in [0.3, 0.4) is 0 Å². The molecule has 0 aliphatic heterocycles. The quantitative estimate of drug-likeness (QED) is 0.425. The molecule has 0 saturated heterocycles. The van der Waals surface area contributed by atoms with Crippen LogP contribution in [0.2, 0.25) is 0 Å². The van der Waals surface area contributed by atoms with Crippen molar-refractivity contribution in [2.75, 3.05) is 13.6 Å². The Morgan fingerprint density at radius 3 is 2.30 bits per heavy atom. The summed E-state index contributed by atoms with van der Waals surface area (Å²) in [5.74, 6) is -1.96. The SMILES string of the molecule is CNC(=O)NC(=O)[C@@H](C)OC(=O)CCNC(=O)CCC(=O)c1ccccc1. The van der Waals surface area contributed by atoms with Crippen LogP contribution < -0.4 is 16.0 Å². The van der Waals surface area contributed by atoms with Gasteiger partial charge < -0.3 is 15.4 Å². The van der Waals surface area contributed by atoms with Crippen LogP contribution in [0, 0.1) is 0 Å². The minimum absolute atomic E-state index is 0.00765. The Labute approximate surface area is 156 Å². The van der Waals surface area contributed by atoms with Gasteiger partial charge in [0.15, 0.2) is 11.9 Å². The first-order valence-electron chi connectivity index (χ1n) is 8.40. The summed E-state index contributed by atoms with van der Waals surface area (Å²) in [6.07, 6.45) is -1.21. The minimum Gasteiger partial charge on any atom is -0.452 e. The first kappa shape index (κ1) is 21.8. The molecular formula is C18H23N3O6. The number of benzene rings is 1. The molecule has 1 aromatic rings. The first-order chi connectivity index (χ1) is 12.8. The summed E-state index contributed by atoms with van der Waals surface area (Å²) in [6, 6.07) is 7.94. The van der Waals surface area contributed by atoms with Gasteiger partial charge in [0.2, 0.25) is 5.91 Å². The van der Waals surface area contributed by atoms with Crippen LogP contribution in [0.25, 0.3) is 0 Å². The Morgan fingerprint density at radius 2 is 1.67 bits per heavy atom. The van der Waals surface area contributed by atoms with Gasteiger partial charge in [-0.1, -0.05) is 30.3 Å². The summed E-state index contributed by atoms with van der Waals surface area (Å²) in [5.41, 5.74) is 0.540. The number of Topliss-reactive ketones (excluding diaryl/α,β-unsaturated/α-hetero) is 1. The molecule has 9 heteroatoms. The summed E-state index contributed by atoms with van der Waals surface area (Å²) >= 11 is 0. The molecule has 0 heterocycles. The maximum atomic E-state index is 11.9. The molecule has 0 radical (unpaired) electrons. The maximum Gasteiger partial charge on any atom is 0.321 e. The third kappa shape index (κ3) is 8.61. The number of ether oxygens (including phenoxy) is 1. The second-order valence-electron chi connectivity index (χ2n) is 5.59. The van der Waals surface area contributed by atoms with Crippen LogP contribution in [-0.4, -0.2) is 49.3 Å². The monoisotopic (exact) mass is 377 g/mol. The highest BCUT2D eigenvalue weighted by molar-refractivity contribution is 5.98. The largest absolute Gasteiger partial charge is 0.452 e. The van der Waals surface area contributed by atoms with E-state index in [0.29, 0.717) is 5.56 Å². The maximum absolute atomic E-state index is 11.9. The van der Waals surface area contributed by atoms with E-state index >= 15 is 0 Å². The van der Waals surface area contributed by atoms with E-state index in [-0.39, 0.29) is 37.5 Å². The molecule has 1 rings (SSSR count). The van der Waals surface area contributed by atoms with Gasteiger partial charge in [0.1, 0.15) is 0 Å². The molecule has 0 spiro atoms. The number of amides is 4. The fourth-order valence-electron chi connectivity index (χ4n) is 1.97.